The van der Waals surface area contributed by atoms with Crippen molar-refractivity contribution in [3.63, 3.8) is 0 Å². The summed E-state index contributed by atoms with van der Waals surface area (Å²) in [4.78, 5) is 0. The molecule has 0 radical (unpaired) electrons. The van der Waals surface area contributed by atoms with Gasteiger partial charge in [-0.05, 0) is 37.0 Å². The number of sulfonamides is 1. The second kappa shape index (κ2) is 4.78. The molecule has 2 rings (SSSR count). The number of fused-ring (bicyclic) bond motifs is 1. The molecule has 0 saturated heterocycles. The highest BCUT2D eigenvalue weighted by Gasteiger charge is 2.28. The molecule has 1 aromatic carbocycles. The van der Waals surface area contributed by atoms with Gasteiger partial charge in [0.25, 0.3) is 0 Å². The molecule has 18 heavy (non-hydrogen) atoms. The van der Waals surface area contributed by atoms with Crippen LogP contribution in [0.2, 0.25) is 0 Å². The second-order valence-corrected chi connectivity index (χ2v) is 6.66. The third-order valence-electron chi connectivity index (χ3n) is 3.13. The van der Waals surface area contributed by atoms with Gasteiger partial charge < -0.3 is 11.5 Å². The Morgan fingerprint density at radius 3 is 2.78 bits per heavy atom. The number of nitrogens with zero attached hydrogens (tertiary/aromatic N) is 1. The SMILES string of the molecule is Cc1cc(N)c2c(c1)CCCN2S(=O)(=O)CCN. The van der Waals surface area contributed by atoms with Gasteiger partial charge in [-0.3, -0.25) is 4.31 Å². The van der Waals surface area contributed by atoms with Crippen molar-refractivity contribution in [2.45, 2.75) is 19.8 Å². The minimum atomic E-state index is -3.35. The zero-order valence-corrected chi connectivity index (χ0v) is 11.3. The molecule has 0 atom stereocenters. The Hall–Kier alpha value is -1.27. The van der Waals surface area contributed by atoms with Gasteiger partial charge in [0, 0.05) is 13.1 Å². The van der Waals surface area contributed by atoms with Gasteiger partial charge >= 0.3 is 0 Å². The van der Waals surface area contributed by atoms with Gasteiger partial charge in [0.15, 0.2) is 0 Å². The molecule has 1 heterocycles. The minimum absolute atomic E-state index is 0.0419. The third-order valence-corrected chi connectivity index (χ3v) is 4.92. The molecular weight excluding hydrogens is 250 g/mol. The quantitative estimate of drug-likeness (QED) is 0.787. The Morgan fingerprint density at radius 2 is 2.11 bits per heavy atom. The van der Waals surface area contributed by atoms with Crippen molar-refractivity contribution < 1.29 is 8.42 Å². The topological polar surface area (TPSA) is 89.4 Å². The number of nitrogens with two attached hydrogens (primary N) is 2. The lowest BCUT2D eigenvalue weighted by molar-refractivity contribution is 0.586. The van der Waals surface area contributed by atoms with Crippen molar-refractivity contribution >= 4 is 21.4 Å². The van der Waals surface area contributed by atoms with Gasteiger partial charge in [0.05, 0.1) is 17.1 Å². The van der Waals surface area contributed by atoms with Crippen LogP contribution in [0.3, 0.4) is 0 Å². The first kappa shape index (κ1) is 13.2. The highest BCUT2D eigenvalue weighted by molar-refractivity contribution is 7.92. The van der Waals surface area contributed by atoms with E-state index < -0.39 is 10.0 Å². The third kappa shape index (κ3) is 2.30. The number of anilines is 2. The van der Waals surface area contributed by atoms with E-state index in [1.165, 1.54) is 4.31 Å². The van der Waals surface area contributed by atoms with Crippen LogP contribution in [-0.4, -0.2) is 27.3 Å². The van der Waals surface area contributed by atoms with E-state index in [0.29, 0.717) is 17.9 Å². The van der Waals surface area contributed by atoms with Crippen LogP contribution >= 0.6 is 0 Å². The van der Waals surface area contributed by atoms with E-state index in [0.717, 1.165) is 24.0 Å². The van der Waals surface area contributed by atoms with Crippen molar-refractivity contribution in [2.24, 2.45) is 5.73 Å². The minimum Gasteiger partial charge on any atom is -0.397 e. The van der Waals surface area contributed by atoms with Gasteiger partial charge in [-0.1, -0.05) is 6.07 Å². The van der Waals surface area contributed by atoms with E-state index in [4.69, 9.17) is 11.5 Å². The summed E-state index contributed by atoms with van der Waals surface area (Å²) in [5, 5.41) is 0. The highest BCUT2D eigenvalue weighted by atomic mass is 32.2. The van der Waals surface area contributed by atoms with E-state index >= 15 is 0 Å². The summed E-state index contributed by atoms with van der Waals surface area (Å²) in [6, 6.07) is 3.82. The average Bonchev–Trinajstić information content (AvgIpc) is 2.27. The molecule has 0 amide bonds. The standard InChI is InChI=1S/C12H19N3O2S/c1-9-7-10-3-2-5-15(12(10)11(14)8-9)18(16,17)6-4-13/h7-8H,2-6,13-14H2,1H3. The van der Waals surface area contributed by atoms with Gasteiger partial charge in [0.1, 0.15) is 0 Å². The Kier molecular flexibility index (Phi) is 3.49. The van der Waals surface area contributed by atoms with Crippen molar-refractivity contribution in [3.05, 3.63) is 23.3 Å². The fourth-order valence-electron chi connectivity index (χ4n) is 2.44. The summed E-state index contributed by atoms with van der Waals surface area (Å²) in [5.41, 5.74) is 14.6. The lowest BCUT2D eigenvalue weighted by Gasteiger charge is -2.31. The Bertz CT molecular complexity index is 555. The van der Waals surface area contributed by atoms with Crippen molar-refractivity contribution in [1.82, 2.24) is 0 Å². The Balaban J connectivity index is 2.52. The Labute approximate surface area is 108 Å². The number of benzene rings is 1. The Morgan fingerprint density at radius 1 is 1.39 bits per heavy atom. The van der Waals surface area contributed by atoms with Crippen molar-refractivity contribution in [2.75, 3.05) is 28.9 Å². The van der Waals surface area contributed by atoms with E-state index in [1.54, 1.807) is 0 Å². The molecule has 0 spiro atoms. The maximum Gasteiger partial charge on any atom is 0.236 e. The molecule has 5 nitrogen and oxygen atoms in total. The molecule has 0 aliphatic carbocycles. The van der Waals surface area contributed by atoms with Gasteiger partial charge in [0.2, 0.25) is 10.0 Å². The van der Waals surface area contributed by atoms with Crippen LogP contribution in [0.25, 0.3) is 0 Å². The van der Waals surface area contributed by atoms with Crippen LogP contribution in [0.5, 0.6) is 0 Å². The van der Waals surface area contributed by atoms with Crippen LogP contribution in [0, 0.1) is 6.92 Å². The monoisotopic (exact) mass is 269 g/mol. The van der Waals surface area contributed by atoms with Crippen LogP contribution in [0.15, 0.2) is 12.1 Å². The van der Waals surface area contributed by atoms with E-state index in [-0.39, 0.29) is 12.3 Å². The molecule has 1 aliphatic heterocycles. The molecule has 0 bridgehead atoms. The molecule has 0 aromatic heterocycles. The van der Waals surface area contributed by atoms with Crippen LogP contribution in [0.4, 0.5) is 11.4 Å². The molecule has 100 valence electrons. The first-order valence-electron chi connectivity index (χ1n) is 6.05. The smallest absolute Gasteiger partial charge is 0.236 e. The van der Waals surface area contributed by atoms with E-state index in [1.807, 2.05) is 19.1 Å². The molecule has 0 saturated carbocycles. The first-order chi connectivity index (χ1) is 8.45. The summed E-state index contributed by atoms with van der Waals surface area (Å²) in [6.45, 7) is 2.58. The highest BCUT2D eigenvalue weighted by Crippen LogP contribution is 2.35. The number of rotatable bonds is 3. The van der Waals surface area contributed by atoms with Crippen LogP contribution in [0.1, 0.15) is 17.5 Å². The van der Waals surface area contributed by atoms with Crippen LogP contribution < -0.4 is 15.8 Å². The van der Waals surface area contributed by atoms with Crippen molar-refractivity contribution in [3.8, 4) is 0 Å². The predicted octanol–water partition coefficient (Wildman–Crippen LogP) is 0.618. The van der Waals surface area contributed by atoms with E-state index in [2.05, 4.69) is 0 Å². The van der Waals surface area contributed by atoms with Crippen molar-refractivity contribution in [1.29, 1.82) is 0 Å². The van der Waals surface area contributed by atoms with Gasteiger partial charge in [-0.15, -0.1) is 0 Å². The van der Waals surface area contributed by atoms with E-state index in [9.17, 15) is 8.42 Å². The predicted molar refractivity (Wildman–Crippen MR) is 74.1 cm³/mol. The normalized spacial score (nSPS) is 15.6. The average molecular weight is 269 g/mol. The number of hydrogen-bond acceptors (Lipinski definition) is 4. The number of hydrogen-bond donors (Lipinski definition) is 2. The summed E-state index contributed by atoms with van der Waals surface area (Å²) >= 11 is 0. The maximum absolute atomic E-state index is 12.2. The number of aryl methyl sites for hydroxylation is 2. The van der Waals surface area contributed by atoms with Crippen LogP contribution in [-0.2, 0) is 16.4 Å². The zero-order valence-electron chi connectivity index (χ0n) is 10.5. The summed E-state index contributed by atoms with van der Waals surface area (Å²) in [7, 11) is -3.35. The zero-order chi connectivity index (χ0) is 13.3. The molecule has 1 aromatic rings. The molecule has 6 heteroatoms. The first-order valence-corrected chi connectivity index (χ1v) is 7.66. The lowest BCUT2D eigenvalue weighted by atomic mass is 10.00. The molecule has 4 N–H and O–H groups in total. The maximum atomic E-state index is 12.2. The molecule has 1 aliphatic rings. The number of nitrogen functional groups attached to an aromatic ring is 1. The molecular formula is C12H19N3O2S. The fourth-order valence-corrected chi connectivity index (χ4v) is 3.87. The van der Waals surface area contributed by atoms with Gasteiger partial charge in [-0.25, -0.2) is 8.42 Å². The summed E-state index contributed by atoms with van der Waals surface area (Å²) < 4.78 is 25.8. The van der Waals surface area contributed by atoms with Gasteiger partial charge in [-0.2, -0.15) is 0 Å². The largest absolute Gasteiger partial charge is 0.397 e. The lowest BCUT2D eigenvalue weighted by Crippen LogP contribution is -2.39. The summed E-state index contributed by atoms with van der Waals surface area (Å²) in [6.07, 6.45) is 1.69. The fraction of sp³-hybridized carbons (Fsp3) is 0.500. The second-order valence-electron chi connectivity index (χ2n) is 4.64. The molecule has 0 unspecified atom stereocenters. The summed E-state index contributed by atoms with van der Waals surface area (Å²) in [5.74, 6) is -0.0419. The molecule has 0 fully saturated rings.